The van der Waals surface area contributed by atoms with Gasteiger partial charge in [-0.3, -0.25) is 9.69 Å². The first-order valence-electron chi connectivity index (χ1n) is 7.77. The molecule has 116 valence electrons. The average Bonchev–Trinajstić information content (AvgIpc) is 2.44. The molecule has 0 aromatic heterocycles. The zero-order chi connectivity index (χ0) is 15.5. The number of likely N-dealkylation sites (tertiary alicyclic amines) is 1. The highest BCUT2D eigenvalue weighted by Gasteiger charge is 2.34. The lowest BCUT2D eigenvalue weighted by Gasteiger charge is -2.42. The number of amides is 1. The van der Waals surface area contributed by atoms with Crippen molar-refractivity contribution in [1.29, 1.82) is 0 Å². The van der Waals surface area contributed by atoms with Crippen LogP contribution in [0.2, 0.25) is 0 Å². The summed E-state index contributed by atoms with van der Waals surface area (Å²) in [6.45, 7) is 9.33. The second-order valence-corrected chi connectivity index (χ2v) is 6.57. The first kappa shape index (κ1) is 16.0. The van der Waals surface area contributed by atoms with Crippen molar-refractivity contribution in [2.45, 2.75) is 33.2 Å². The van der Waals surface area contributed by atoms with E-state index in [1.165, 1.54) is 0 Å². The number of carbonyl (C=O) groups is 1. The molecule has 0 aliphatic carbocycles. The lowest BCUT2D eigenvalue weighted by Crippen LogP contribution is -2.54. The van der Waals surface area contributed by atoms with Crippen LogP contribution in [0.5, 0.6) is 0 Å². The second-order valence-electron chi connectivity index (χ2n) is 6.57. The highest BCUT2D eigenvalue weighted by Crippen LogP contribution is 2.27. The smallest absolute Gasteiger partial charge is 0.241 e. The third-order valence-electron chi connectivity index (χ3n) is 4.44. The van der Waals surface area contributed by atoms with Gasteiger partial charge in [-0.25, -0.2) is 0 Å². The van der Waals surface area contributed by atoms with Gasteiger partial charge in [0.2, 0.25) is 5.91 Å². The molecule has 1 aliphatic rings. The second kappa shape index (κ2) is 6.58. The molecule has 2 rings (SSSR count). The molecule has 0 bridgehead atoms. The predicted octanol–water partition coefficient (Wildman–Crippen LogP) is 2.10. The summed E-state index contributed by atoms with van der Waals surface area (Å²) >= 11 is 0. The SMILES string of the molecule is CCN(C(=O)CN1CCC(N)C(C)(C)C1)c1ccccc1. The highest BCUT2D eigenvalue weighted by molar-refractivity contribution is 5.94. The fourth-order valence-electron chi connectivity index (χ4n) is 3.01. The number of nitrogens with two attached hydrogens (primary N) is 1. The Morgan fingerprint density at radius 1 is 1.38 bits per heavy atom. The molecule has 4 nitrogen and oxygen atoms in total. The van der Waals surface area contributed by atoms with Gasteiger partial charge >= 0.3 is 0 Å². The lowest BCUT2D eigenvalue weighted by atomic mass is 9.80. The Morgan fingerprint density at radius 3 is 2.62 bits per heavy atom. The van der Waals surface area contributed by atoms with E-state index in [4.69, 9.17) is 5.73 Å². The van der Waals surface area contributed by atoms with Crippen LogP contribution in [0.4, 0.5) is 5.69 Å². The molecule has 0 radical (unpaired) electrons. The third-order valence-corrected chi connectivity index (χ3v) is 4.44. The number of para-hydroxylation sites is 1. The summed E-state index contributed by atoms with van der Waals surface area (Å²) in [6, 6.07) is 10.1. The van der Waals surface area contributed by atoms with Crippen LogP contribution >= 0.6 is 0 Å². The molecular weight excluding hydrogens is 262 g/mol. The molecule has 1 fully saturated rings. The van der Waals surface area contributed by atoms with E-state index in [9.17, 15) is 4.79 Å². The molecule has 1 amide bonds. The molecule has 2 N–H and O–H groups in total. The van der Waals surface area contributed by atoms with Gasteiger partial charge in [-0.1, -0.05) is 32.0 Å². The number of hydrogen-bond acceptors (Lipinski definition) is 3. The van der Waals surface area contributed by atoms with E-state index in [2.05, 4.69) is 18.7 Å². The molecule has 1 aromatic rings. The van der Waals surface area contributed by atoms with E-state index in [0.29, 0.717) is 13.1 Å². The van der Waals surface area contributed by atoms with E-state index in [-0.39, 0.29) is 17.4 Å². The molecule has 1 atom stereocenters. The number of benzene rings is 1. The van der Waals surface area contributed by atoms with Crippen molar-refractivity contribution in [3.05, 3.63) is 30.3 Å². The van der Waals surface area contributed by atoms with Crippen LogP contribution in [0.25, 0.3) is 0 Å². The maximum Gasteiger partial charge on any atom is 0.241 e. The molecular formula is C17H27N3O. The van der Waals surface area contributed by atoms with Crippen LogP contribution in [0.15, 0.2) is 30.3 Å². The minimum atomic E-state index is 0.0717. The zero-order valence-electron chi connectivity index (χ0n) is 13.4. The number of hydrogen-bond donors (Lipinski definition) is 1. The summed E-state index contributed by atoms with van der Waals surface area (Å²) in [5, 5.41) is 0. The van der Waals surface area contributed by atoms with E-state index in [1.54, 1.807) is 0 Å². The van der Waals surface area contributed by atoms with Crippen LogP contribution in [0.3, 0.4) is 0 Å². The van der Waals surface area contributed by atoms with Gasteiger partial charge < -0.3 is 10.6 Å². The summed E-state index contributed by atoms with van der Waals surface area (Å²) in [7, 11) is 0. The van der Waals surface area contributed by atoms with Crippen molar-refractivity contribution in [2.75, 3.05) is 31.1 Å². The Hall–Kier alpha value is -1.39. The molecule has 1 unspecified atom stereocenters. The minimum Gasteiger partial charge on any atom is -0.327 e. The molecule has 0 spiro atoms. The van der Waals surface area contributed by atoms with Gasteiger partial charge in [-0.05, 0) is 30.9 Å². The van der Waals surface area contributed by atoms with Gasteiger partial charge in [-0.2, -0.15) is 0 Å². The van der Waals surface area contributed by atoms with E-state index < -0.39 is 0 Å². The van der Waals surface area contributed by atoms with Crippen molar-refractivity contribution >= 4 is 11.6 Å². The monoisotopic (exact) mass is 289 g/mol. The summed E-state index contributed by atoms with van der Waals surface area (Å²) in [5.41, 5.74) is 7.20. The normalized spacial score (nSPS) is 22.0. The van der Waals surface area contributed by atoms with Gasteiger partial charge in [0, 0.05) is 31.4 Å². The van der Waals surface area contributed by atoms with Crippen LogP contribution in [-0.4, -0.2) is 43.0 Å². The van der Waals surface area contributed by atoms with E-state index in [0.717, 1.165) is 25.2 Å². The van der Waals surface area contributed by atoms with Gasteiger partial charge in [0.15, 0.2) is 0 Å². The minimum absolute atomic E-state index is 0.0717. The van der Waals surface area contributed by atoms with Crippen LogP contribution in [0.1, 0.15) is 27.2 Å². The maximum atomic E-state index is 12.6. The molecule has 1 heterocycles. The van der Waals surface area contributed by atoms with Crippen molar-refractivity contribution < 1.29 is 4.79 Å². The highest BCUT2D eigenvalue weighted by atomic mass is 16.2. The van der Waals surface area contributed by atoms with Crippen molar-refractivity contribution in [3.63, 3.8) is 0 Å². The Morgan fingerprint density at radius 2 is 2.05 bits per heavy atom. The maximum absolute atomic E-state index is 12.6. The topological polar surface area (TPSA) is 49.6 Å². The standard InChI is InChI=1S/C17H27N3O/c1-4-20(14-8-6-5-7-9-14)16(21)12-19-11-10-15(18)17(2,3)13-19/h5-9,15H,4,10-13,18H2,1-3H3. The van der Waals surface area contributed by atoms with Crippen molar-refractivity contribution in [2.24, 2.45) is 11.1 Å². The Balaban J connectivity index is 2.00. The first-order chi connectivity index (χ1) is 9.94. The van der Waals surface area contributed by atoms with Crippen LogP contribution < -0.4 is 10.6 Å². The van der Waals surface area contributed by atoms with Crippen molar-refractivity contribution in [1.82, 2.24) is 4.90 Å². The quantitative estimate of drug-likeness (QED) is 0.923. The summed E-state index contributed by atoms with van der Waals surface area (Å²) in [5.74, 6) is 0.162. The molecule has 21 heavy (non-hydrogen) atoms. The van der Waals surface area contributed by atoms with Crippen molar-refractivity contribution in [3.8, 4) is 0 Å². The number of carbonyl (C=O) groups excluding carboxylic acids is 1. The number of anilines is 1. The fourth-order valence-corrected chi connectivity index (χ4v) is 3.01. The summed E-state index contributed by atoms with van der Waals surface area (Å²) in [4.78, 5) is 16.7. The number of rotatable bonds is 4. The Kier molecular flexibility index (Phi) is 5.01. The molecule has 0 saturated carbocycles. The molecule has 4 heteroatoms. The Labute approximate surface area is 127 Å². The number of likely N-dealkylation sites (N-methyl/N-ethyl adjacent to an activating group) is 1. The van der Waals surface area contributed by atoms with Crippen LogP contribution in [-0.2, 0) is 4.79 Å². The zero-order valence-corrected chi connectivity index (χ0v) is 13.4. The lowest BCUT2D eigenvalue weighted by molar-refractivity contribution is -0.120. The van der Waals surface area contributed by atoms with Gasteiger partial charge in [-0.15, -0.1) is 0 Å². The molecule has 1 aliphatic heterocycles. The fraction of sp³-hybridized carbons (Fsp3) is 0.588. The van der Waals surface area contributed by atoms with Gasteiger partial charge in [0.1, 0.15) is 0 Å². The summed E-state index contributed by atoms with van der Waals surface area (Å²) in [6.07, 6.45) is 0.956. The molecule has 1 aromatic carbocycles. The Bertz CT molecular complexity index is 472. The average molecular weight is 289 g/mol. The molecule has 1 saturated heterocycles. The van der Waals surface area contributed by atoms with Crippen LogP contribution in [0, 0.1) is 5.41 Å². The van der Waals surface area contributed by atoms with E-state index >= 15 is 0 Å². The first-order valence-corrected chi connectivity index (χ1v) is 7.77. The number of nitrogens with zero attached hydrogens (tertiary/aromatic N) is 2. The largest absolute Gasteiger partial charge is 0.327 e. The van der Waals surface area contributed by atoms with Gasteiger partial charge in [0.05, 0.1) is 6.54 Å². The summed E-state index contributed by atoms with van der Waals surface area (Å²) < 4.78 is 0. The van der Waals surface area contributed by atoms with Gasteiger partial charge in [0.25, 0.3) is 0 Å². The number of piperidine rings is 1. The van der Waals surface area contributed by atoms with E-state index in [1.807, 2.05) is 42.2 Å². The third kappa shape index (κ3) is 3.83. The predicted molar refractivity (Wildman–Crippen MR) is 87.3 cm³/mol.